The van der Waals surface area contributed by atoms with Crippen molar-refractivity contribution in [2.45, 2.75) is 18.4 Å². The van der Waals surface area contributed by atoms with Gasteiger partial charge in [0.25, 0.3) is 5.91 Å². The number of hydrogen-bond acceptors (Lipinski definition) is 3. The number of amides is 1. The van der Waals surface area contributed by atoms with Crippen molar-refractivity contribution in [3.63, 3.8) is 0 Å². The summed E-state index contributed by atoms with van der Waals surface area (Å²) in [6.07, 6.45) is -0.522. The molecule has 1 amide bonds. The van der Waals surface area contributed by atoms with E-state index in [0.29, 0.717) is 4.48 Å². The fourth-order valence-electron chi connectivity index (χ4n) is 2.08. The lowest BCUT2D eigenvalue weighted by atomic mass is 10.1. The summed E-state index contributed by atoms with van der Waals surface area (Å²) in [5.74, 6) is -6.64. The SMILES string of the molecule is C[N+](C)(C)C[C@@H](CC(=O)[O-])NC(=O)C(F)(F)c1ccccc1. The molecule has 0 unspecified atom stereocenters. The predicted molar refractivity (Wildman–Crippen MR) is 74.8 cm³/mol. The number of carbonyl (C=O) groups excluding carboxylic acids is 2. The van der Waals surface area contributed by atoms with Gasteiger partial charge in [-0.15, -0.1) is 0 Å². The Kier molecular flexibility index (Phi) is 5.59. The van der Waals surface area contributed by atoms with Crippen molar-refractivity contribution >= 4 is 11.9 Å². The average Bonchev–Trinajstić information content (AvgIpc) is 2.36. The first kappa shape index (κ1) is 18.0. The van der Waals surface area contributed by atoms with Crippen molar-refractivity contribution in [2.24, 2.45) is 0 Å². The molecule has 1 N–H and O–H groups in total. The van der Waals surface area contributed by atoms with Gasteiger partial charge in [0.15, 0.2) is 0 Å². The Hall–Kier alpha value is -2.02. The molecular formula is C15H20F2N2O3. The van der Waals surface area contributed by atoms with Crippen LogP contribution in [-0.2, 0) is 15.5 Å². The molecule has 0 bridgehead atoms. The Morgan fingerprint density at radius 2 is 1.77 bits per heavy atom. The zero-order valence-electron chi connectivity index (χ0n) is 12.8. The third-order valence-corrected chi connectivity index (χ3v) is 2.94. The predicted octanol–water partition coefficient (Wildman–Crippen LogP) is 0.109. The molecule has 0 spiro atoms. The molecule has 0 fully saturated rings. The lowest BCUT2D eigenvalue weighted by Gasteiger charge is -2.30. The van der Waals surface area contributed by atoms with Crippen molar-refractivity contribution in [3.05, 3.63) is 35.9 Å². The second-order valence-corrected chi connectivity index (χ2v) is 6.16. The molecule has 0 aliphatic rings. The maximum atomic E-state index is 14.1. The molecule has 22 heavy (non-hydrogen) atoms. The number of halogens is 2. The van der Waals surface area contributed by atoms with Crippen LogP contribution in [0.3, 0.4) is 0 Å². The molecular weight excluding hydrogens is 294 g/mol. The summed E-state index contributed by atoms with van der Waals surface area (Å²) in [6.45, 7) is 0.185. The van der Waals surface area contributed by atoms with Gasteiger partial charge in [0, 0.05) is 18.0 Å². The van der Waals surface area contributed by atoms with Gasteiger partial charge in [-0.25, -0.2) is 0 Å². The van der Waals surface area contributed by atoms with Crippen LogP contribution in [0.1, 0.15) is 12.0 Å². The fraction of sp³-hybridized carbons (Fsp3) is 0.467. The molecule has 0 radical (unpaired) electrons. The Balaban J connectivity index is 2.88. The second-order valence-electron chi connectivity index (χ2n) is 6.16. The molecule has 7 heteroatoms. The smallest absolute Gasteiger partial charge is 0.349 e. The molecule has 1 rings (SSSR count). The van der Waals surface area contributed by atoms with Gasteiger partial charge in [-0.05, 0) is 0 Å². The van der Waals surface area contributed by atoms with Gasteiger partial charge >= 0.3 is 5.92 Å². The molecule has 0 aliphatic heterocycles. The van der Waals surface area contributed by atoms with Crippen LogP contribution in [0.25, 0.3) is 0 Å². The zero-order valence-corrected chi connectivity index (χ0v) is 12.8. The molecule has 0 aromatic heterocycles. The first-order valence-corrected chi connectivity index (χ1v) is 6.77. The van der Waals surface area contributed by atoms with Gasteiger partial charge in [0.05, 0.1) is 33.7 Å². The number of alkyl halides is 2. The Labute approximate surface area is 128 Å². The van der Waals surface area contributed by atoms with Crippen LogP contribution in [0.5, 0.6) is 0 Å². The van der Waals surface area contributed by atoms with E-state index in [2.05, 4.69) is 5.32 Å². The van der Waals surface area contributed by atoms with E-state index in [-0.39, 0.29) is 6.54 Å². The van der Waals surface area contributed by atoms with Crippen molar-refractivity contribution < 1.29 is 28.0 Å². The molecule has 5 nitrogen and oxygen atoms in total. The van der Waals surface area contributed by atoms with E-state index in [9.17, 15) is 23.5 Å². The largest absolute Gasteiger partial charge is 0.550 e. The molecule has 122 valence electrons. The third kappa shape index (κ3) is 5.40. The average molecular weight is 314 g/mol. The summed E-state index contributed by atoms with van der Waals surface area (Å²) >= 11 is 0. The quantitative estimate of drug-likeness (QED) is 0.726. The number of carboxylic acids is 1. The monoisotopic (exact) mass is 314 g/mol. The topological polar surface area (TPSA) is 69.2 Å². The standard InChI is InChI=1S/C15H20F2N2O3/c1-19(2,3)10-12(9-13(20)21)18-14(22)15(16,17)11-7-5-4-6-8-11/h4-8,12H,9-10H2,1-3H3,(H-,18,20,21,22)/t12-/m1/s1. The second kappa shape index (κ2) is 6.83. The van der Waals surface area contributed by atoms with Gasteiger partial charge in [-0.2, -0.15) is 8.78 Å². The fourth-order valence-corrected chi connectivity index (χ4v) is 2.08. The van der Waals surface area contributed by atoms with E-state index < -0.39 is 35.8 Å². The Morgan fingerprint density at radius 1 is 1.23 bits per heavy atom. The van der Waals surface area contributed by atoms with Crippen LogP contribution in [0.4, 0.5) is 8.78 Å². The van der Waals surface area contributed by atoms with Crippen LogP contribution in [-0.4, -0.2) is 50.1 Å². The van der Waals surface area contributed by atoms with Gasteiger partial charge in [0.2, 0.25) is 0 Å². The van der Waals surface area contributed by atoms with Crippen molar-refractivity contribution in [1.29, 1.82) is 0 Å². The highest BCUT2D eigenvalue weighted by atomic mass is 19.3. The van der Waals surface area contributed by atoms with Crippen LogP contribution in [0.2, 0.25) is 0 Å². The summed E-state index contributed by atoms with van der Waals surface area (Å²) in [6, 6.07) is 5.73. The number of aliphatic carboxylic acids is 1. The molecule has 0 heterocycles. The van der Waals surface area contributed by atoms with Crippen LogP contribution < -0.4 is 10.4 Å². The summed E-state index contributed by atoms with van der Waals surface area (Å²) in [4.78, 5) is 22.6. The number of benzene rings is 1. The minimum Gasteiger partial charge on any atom is -0.550 e. The van der Waals surface area contributed by atoms with Crippen LogP contribution in [0.15, 0.2) is 30.3 Å². The van der Waals surface area contributed by atoms with Crippen molar-refractivity contribution in [3.8, 4) is 0 Å². The van der Waals surface area contributed by atoms with Crippen molar-refractivity contribution in [2.75, 3.05) is 27.7 Å². The maximum absolute atomic E-state index is 14.1. The highest BCUT2D eigenvalue weighted by molar-refractivity contribution is 5.85. The van der Waals surface area contributed by atoms with Crippen LogP contribution >= 0.6 is 0 Å². The number of quaternary nitrogens is 1. The highest BCUT2D eigenvalue weighted by Gasteiger charge is 2.42. The number of hydrogen-bond donors (Lipinski definition) is 1. The maximum Gasteiger partial charge on any atom is 0.349 e. The van der Waals surface area contributed by atoms with Crippen molar-refractivity contribution in [1.82, 2.24) is 5.32 Å². The Morgan fingerprint density at radius 3 is 2.23 bits per heavy atom. The zero-order chi connectivity index (χ0) is 17.0. The number of likely N-dealkylation sites (N-methyl/N-ethyl adjacent to an activating group) is 1. The van der Waals surface area contributed by atoms with Gasteiger partial charge < -0.3 is 19.7 Å². The van der Waals surface area contributed by atoms with E-state index >= 15 is 0 Å². The minimum atomic E-state index is -3.73. The molecule has 1 atom stereocenters. The lowest BCUT2D eigenvalue weighted by Crippen LogP contribution is -2.53. The molecule has 1 aromatic rings. The van der Waals surface area contributed by atoms with Crippen LogP contribution in [0, 0.1) is 0 Å². The number of nitrogens with zero attached hydrogens (tertiary/aromatic N) is 1. The number of rotatable bonds is 7. The molecule has 1 aromatic carbocycles. The molecule has 0 aliphatic carbocycles. The number of carboxylic acid groups (broad SMARTS) is 1. The summed E-state index contributed by atoms with van der Waals surface area (Å²) in [7, 11) is 5.30. The summed E-state index contributed by atoms with van der Waals surface area (Å²) in [5, 5.41) is 12.9. The summed E-state index contributed by atoms with van der Waals surface area (Å²) in [5.41, 5.74) is -0.440. The highest BCUT2D eigenvalue weighted by Crippen LogP contribution is 2.28. The molecule has 0 saturated heterocycles. The first-order chi connectivity index (χ1) is 10.0. The molecule has 0 saturated carbocycles. The van der Waals surface area contributed by atoms with E-state index in [1.807, 2.05) is 0 Å². The van der Waals surface area contributed by atoms with E-state index in [0.717, 1.165) is 12.1 Å². The summed E-state index contributed by atoms with van der Waals surface area (Å²) < 4.78 is 28.5. The van der Waals surface area contributed by atoms with E-state index in [1.54, 1.807) is 27.2 Å². The first-order valence-electron chi connectivity index (χ1n) is 6.77. The Bertz CT molecular complexity index is 527. The van der Waals surface area contributed by atoms with E-state index in [4.69, 9.17) is 0 Å². The van der Waals surface area contributed by atoms with Gasteiger partial charge in [-0.1, -0.05) is 30.3 Å². The van der Waals surface area contributed by atoms with Gasteiger partial charge in [-0.3, -0.25) is 4.79 Å². The minimum absolute atomic E-state index is 0.185. The number of carbonyl (C=O) groups is 2. The number of nitrogens with one attached hydrogen (secondary N) is 1. The van der Waals surface area contributed by atoms with Gasteiger partial charge in [0.1, 0.15) is 0 Å². The lowest BCUT2D eigenvalue weighted by molar-refractivity contribution is -0.871. The third-order valence-electron chi connectivity index (χ3n) is 2.94. The normalized spacial score (nSPS) is 13.5. The van der Waals surface area contributed by atoms with E-state index in [1.165, 1.54) is 12.1 Å².